The summed E-state index contributed by atoms with van der Waals surface area (Å²) in [6, 6.07) is 13.7. The maximum atomic E-state index is 12.1. The third-order valence-electron chi connectivity index (χ3n) is 4.45. The monoisotopic (exact) mass is 325 g/mol. The molecule has 0 amide bonds. The lowest BCUT2D eigenvalue weighted by Gasteiger charge is -2.29. The van der Waals surface area contributed by atoms with E-state index in [4.69, 9.17) is 4.74 Å². The number of ether oxygens (including phenoxy) is 1. The first kappa shape index (κ1) is 16.4. The molecule has 0 saturated heterocycles. The number of carbonyl (C=O) groups is 1. The molecular formula is C20H23NO3. The van der Waals surface area contributed by atoms with Gasteiger partial charge in [0, 0.05) is 12.8 Å². The Morgan fingerprint density at radius 3 is 2.29 bits per heavy atom. The number of para-hydroxylation sites is 1. The van der Waals surface area contributed by atoms with Gasteiger partial charge in [0.1, 0.15) is 11.3 Å². The van der Waals surface area contributed by atoms with Crippen LogP contribution in [0.3, 0.4) is 0 Å². The fourth-order valence-electron chi connectivity index (χ4n) is 3.31. The Bertz CT molecular complexity index is 742. The lowest BCUT2D eigenvalue weighted by Crippen LogP contribution is -2.47. The van der Waals surface area contributed by atoms with E-state index in [0.717, 1.165) is 28.1 Å². The van der Waals surface area contributed by atoms with Crippen molar-refractivity contribution in [1.82, 2.24) is 0 Å². The van der Waals surface area contributed by atoms with Gasteiger partial charge in [-0.3, -0.25) is 0 Å². The van der Waals surface area contributed by atoms with Gasteiger partial charge >= 0.3 is 5.97 Å². The number of aryl methyl sites for hydroxylation is 1. The van der Waals surface area contributed by atoms with Gasteiger partial charge in [0.05, 0.1) is 11.8 Å². The Hall–Kier alpha value is -2.49. The second-order valence-corrected chi connectivity index (χ2v) is 6.75. The molecule has 2 N–H and O–H groups in total. The molecule has 4 nitrogen and oxygen atoms in total. The van der Waals surface area contributed by atoms with Crippen molar-refractivity contribution >= 4 is 11.7 Å². The van der Waals surface area contributed by atoms with E-state index in [9.17, 15) is 9.90 Å². The third-order valence-corrected chi connectivity index (χ3v) is 4.45. The normalized spacial score (nSPS) is 15.2. The number of benzene rings is 2. The molecule has 2 aromatic carbocycles. The first-order valence-electron chi connectivity index (χ1n) is 8.26. The first-order valence-corrected chi connectivity index (χ1v) is 8.26. The van der Waals surface area contributed by atoms with Crippen LogP contribution < -0.4 is 10.1 Å². The summed E-state index contributed by atoms with van der Waals surface area (Å²) < 4.78 is 5.93. The first-order chi connectivity index (χ1) is 11.4. The summed E-state index contributed by atoms with van der Waals surface area (Å²) in [6.07, 6.45) is 0.953. The Morgan fingerprint density at radius 2 is 1.75 bits per heavy atom. The minimum Gasteiger partial charge on any atom is -0.489 e. The van der Waals surface area contributed by atoms with E-state index in [1.807, 2.05) is 63.2 Å². The van der Waals surface area contributed by atoms with Crippen molar-refractivity contribution in [3.63, 3.8) is 0 Å². The van der Waals surface area contributed by atoms with Gasteiger partial charge in [-0.2, -0.15) is 0 Å². The van der Waals surface area contributed by atoms with Crippen LogP contribution in [0, 0.1) is 6.92 Å². The highest BCUT2D eigenvalue weighted by Gasteiger charge is 2.44. The van der Waals surface area contributed by atoms with Crippen molar-refractivity contribution in [2.45, 2.75) is 45.3 Å². The zero-order valence-electron chi connectivity index (χ0n) is 14.3. The molecule has 0 saturated carbocycles. The molecule has 3 rings (SSSR count). The highest BCUT2D eigenvalue weighted by atomic mass is 16.5. The minimum absolute atomic E-state index is 0.0215. The van der Waals surface area contributed by atoms with Crippen LogP contribution >= 0.6 is 0 Å². The molecule has 4 heteroatoms. The molecule has 0 aliphatic heterocycles. The summed E-state index contributed by atoms with van der Waals surface area (Å²) in [5.74, 6) is -0.111. The number of hydrogen-bond donors (Lipinski definition) is 2. The van der Waals surface area contributed by atoms with Gasteiger partial charge < -0.3 is 15.2 Å². The lowest BCUT2D eigenvalue weighted by molar-refractivity contribution is -0.142. The fraction of sp³-hybridized carbons (Fsp3) is 0.350. The van der Waals surface area contributed by atoms with E-state index >= 15 is 0 Å². The zero-order valence-corrected chi connectivity index (χ0v) is 14.3. The molecule has 1 aliphatic rings. The summed E-state index contributed by atoms with van der Waals surface area (Å²) in [7, 11) is 0. The second kappa shape index (κ2) is 6.19. The number of fused-ring (bicyclic) bond motifs is 1. The number of rotatable bonds is 5. The summed E-state index contributed by atoms with van der Waals surface area (Å²) in [4.78, 5) is 12.1. The second-order valence-electron chi connectivity index (χ2n) is 6.75. The highest BCUT2D eigenvalue weighted by molar-refractivity contribution is 5.86. The predicted molar refractivity (Wildman–Crippen MR) is 94.8 cm³/mol. The van der Waals surface area contributed by atoms with E-state index in [1.54, 1.807) is 0 Å². The molecular weight excluding hydrogens is 302 g/mol. The Kier molecular flexibility index (Phi) is 4.22. The number of anilines is 1. The quantitative estimate of drug-likeness (QED) is 0.877. The van der Waals surface area contributed by atoms with Crippen LogP contribution in [0.15, 0.2) is 42.5 Å². The molecule has 0 aromatic heterocycles. The molecule has 0 atom stereocenters. The molecule has 0 bridgehead atoms. The lowest BCUT2D eigenvalue weighted by atomic mass is 9.95. The highest BCUT2D eigenvalue weighted by Crippen LogP contribution is 2.37. The SMILES string of the molecule is Cc1cccc(NC2(C(=O)O)Cc3ccccc3C2)c1OC(C)C. The van der Waals surface area contributed by atoms with Crippen molar-refractivity contribution in [2.24, 2.45) is 0 Å². The van der Waals surface area contributed by atoms with E-state index in [-0.39, 0.29) is 6.10 Å². The van der Waals surface area contributed by atoms with Crippen molar-refractivity contribution in [2.75, 3.05) is 5.32 Å². The molecule has 0 heterocycles. The Morgan fingerprint density at radius 1 is 1.12 bits per heavy atom. The van der Waals surface area contributed by atoms with Gasteiger partial charge in [0.15, 0.2) is 0 Å². The number of aliphatic carboxylic acids is 1. The van der Waals surface area contributed by atoms with Crippen LogP contribution in [0.2, 0.25) is 0 Å². The van der Waals surface area contributed by atoms with Gasteiger partial charge in [-0.1, -0.05) is 36.4 Å². The van der Waals surface area contributed by atoms with Gasteiger partial charge in [-0.15, -0.1) is 0 Å². The van der Waals surface area contributed by atoms with Gasteiger partial charge in [-0.25, -0.2) is 4.79 Å². The molecule has 0 spiro atoms. The van der Waals surface area contributed by atoms with Crippen LogP contribution in [0.4, 0.5) is 5.69 Å². The largest absolute Gasteiger partial charge is 0.489 e. The maximum absolute atomic E-state index is 12.1. The van der Waals surface area contributed by atoms with E-state index < -0.39 is 11.5 Å². The number of nitrogens with one attached hydrogen (secondary N) is 1. The van der Waals surface area contributed by atoms with E-state index in [0.29, 0.717) is 12.8 Å². The topological polar surface area (TPSA) is 58.6 Å². The predicted octanol–water partition coefficient (Wildman–Crippen LogP) is 3.82. The summed E-state index contributed by atoms with van der Waals surface area (Å²) in [5, 5.41) is 13.2. The summed E-state index contributed by atoms with van der Waals surface area (Å²) in [5.41, 5.74) is 2.87. The maximum Gasteiger partial charge on any atom is 0.330 e. The number of hydrogen-bond acceptors (Lipinski definition) is 3. The van der Waals surface area contributed by atoms with Crippen molar-refractivity contribution < 1.29 is 14.6 Å². The minimum atomic E-state index is -1.04. The van der Waals surface area contributed by atoms with Crippen molar-refractivity contribution in [3.8, 4) is 5.75 Å². The molecule has 0 fully saturated rings. The van der Waals surface area contributed by atoms with Crippen LogP contribution in [-0.4, -0.2) is 22.7 Å². The van der Waals surface area contributed by atoms with Crippen molar-refractivity contribution in [1.29, 1.82) is 0 Å². The molecule has 0 radical (unpaired) electrons. The van der Waals surface area contributed by atoms with Crippen LogP contribution in [0.5, 0.6) is 5.75 Å². The zero-order chi connectivity index (χ0) is 17.3. The molecule has 126 valence electrons. The average Bonchev–Trinajstić information content (AvgIpc) is 2.90. The third kappa shape index (κ3) is 2.96. The standard InChI is InChI=1S/C20H23NO3/c1-13(2)24-18-14(3)7-6-10-17(18)21-20(19(22)23)11-15-8-4-5-9-16(15)12-20/h4-10,13,21H,11-12H2,1-3H3,(H,22,23). The Balaban J connectivity index is 1.97. The molecule has 24 heavy (non-hydrogen) atoms. The van der Waals surface area contributed by atoms with Crippen LogP contribution in [0.1, 0.15) is 30.5 Å². The van der Waals surface area contributed by atoms with Crippen LogP contribution in [-0.2, 0) is 17.6 Å². The smallest absolute Gasteiger partial charge is 0.330 e. The van der Waals surface area contributed by atoms with Gasteiger partial charge in [0.2, 0.25) is 0 Å². The van der Waals surface area contributed by atoms with Crippen molar-refractivity contribution in [3.05, 3.63) is 59.2 Å². The molecule has 1 aliphatic carbocycles. The van der Waals surface area contributed by atoms with Crippen LogP contribution in [0.25, 0.3) is 0 Å². The fourth-order valence-corrected chi connectivity index (χ4v) is 3.31. The molecule has 2 aromatic rings. The Labute approximate surface area is 142 Å². The summed E-state index contributed by atoms with van der Waals surface area (Å²) >= 11 is 0. The average molecular weight is 325 g/mol. The van der Waals surface area contributed by atoms with Gasteiger partial charge in [-0.05, 0) is 43.5 Å². The number of carboxylic acids is 1. The molecule has 0 unspecified atom stereocenters. The number of carboxylic acid groups (broad SMARTS) is 1. The summed E-state index contributed by atoms with van der Waals surface area (Å²) in [6.45, 7) is 5.91. The van der Waals surface area contributed by atoms with E-state index in [2.05, 4.69) is 5.32 Å². The van der Waals surface area contributed by atoms with Gasteiger partial charge in [0.25, 0.3) is 0 Å². The van der Waals surface area contributed by atoms with E-state index in [1.165, 1.54) is 0 Å².